The molecule has 47 heavy (non-hydrogen) atoms. The van der Waals surface area contributed by atoms with Gasteiger partial charge in [0.2, 0.25) is 0 Å². The molecule has 0 spiro atoms. The van der Waals surface area contributed by atoms with E-state index in [-0.39, 0.29) is 37.1 Å². The van der Waals surface area contributed by atoms with Crippen molar-refractivity contribution >= 4 is 12.0 Å². The smallest absolute Gasteiger partial charge is 0.317 e. The maximum absolute atomic E-state index is 13.6. The molecule has 0 aromatic carbocycles. The van der Waals surface area contributed by atoms with Crippen molar-refractivity contribution in [2.24, 2.45) is 17.8 Å². The van der Waals surface area contributed by atoms with Crippen LogP contribution in [0.5, 0.6) is 0 Å². The van der Waals surface area contributed by atoms with Gasteiger partial charge in [0.05, 0.1) is 35.9 Å². The van der Waals surface area contributed by atoms with Gasteiger partial charge in [-0.15, -0.1) is 0 Å². The van der Waals surface area contributed by atoms with Crippen molar-refractivity contribution in [2.45, 2.75) is 161 Å². The van der Waals surface area contributed by atoms with E-state index < -0.39 is 77.9 Å². The Kier molecular flexibility index (Phi) is 14.9. The summed E-state index contributed by atoms with van der Waals surface area (Å²) in [4.78, 5) is 30.5. The molecule has 0 bridgehead atoms. The summed E-state index contributed by atoms with van der Waals surface area (Å²) >= 11 is 0. The first-order valence-electron chi connectivity index (χ1n) is 17.2. The zero-order valence-corrected chi connectivity index (χ0v) is 31.0. The highest BCUT2D eigenvalue weighted by Crippen LogP contribution is 2.38. The van der Waals surface area contributed by atoms with Crippen molar-refractivity contribution in [3.63, 3.8) is 0 Å². The molecule has 2 rings (SSSR count). The lowest BCUT2D eigenvalue weighted by Crippen LogP contribution is -2.62. The van der Waals surface area contributed by atoms with Crippen molar-refractivity contribution < 1.29 is 49.0 Å². The Labute approximate surface area is 282 Å². The Balaban J connectivity index is 2.69. The Bertz CT molecular complexity index is 1010. The second-order valence-electron chi connectivity index (χ2n) is 15.1. The lowest BCUT2D eigenvalue weighted by molar-refractivity contribution is -0.301. The minimum absolute atomic E-state index is 0.171. The molecule has 0 aromatic heterocycles. The van der Waals surface area contributed by atoms with Gasteiger partial charge in [-0.2, -0.15) is 0 Å². The van der Waals surface area contributed by atoms with Gasteiger partial charge in [-0.05, 0) is 87.7 Å². The van der Waals surface area contributed by atoms with Crippen LogP contribution in [0.1, 0.15) is 88.5 Å². The quantitative estimate of drug-likeness (QED) is 0.261. The normalized spacial score (nSPS) is 43.3. The highest BCUT2D eigenvalue weighted by molar-refractivity contribution is 5.75. The van der Waals surface area contributed by atoms with Crippen LogP contribution in [0.4, 0.5) is 4.79 Å². The van der Waals surface area contributed by atoms with Crippen molar-refractivity contribution in [1.82, 2.24) is 15.1 Å². The van der Waals surface area contributed by atoms with Crippen LogP contribution >= 0.6 is 0 Å². The lowest BCUT2D eigenvalue weighted by Gasteiger charge is -2.48. The minimum atomic E-state index is -1.93. The maximum atomic E-state index is 13.6. The number of methoxy groups -OCH3 is 1. The van der Waals surface area contributed by atoms with Crippen LogP contribution in [0, 0.1) is 17.8 Å². The summed E-state index contributed by atoms with van der Waals surface area (Å²) in [5, 5.41) is 49.1. The number of carbonyl (C=O) groups excluding carboxylic acids is 2. The summed E-state index contributed by atoms with van der Waals surface area (Å²) in [6, 6.07) is -1.74. The zero-order chi connectivity index (χ0) is 36.2. The molecule has 13 heteroatoms. The van der Waals surface area contributed by atoms with E-state index in [1.807, 2.05) is 53.6 Å². The van der Waals surface area contributed by atoms with Gasteiger partial charge in [0.25, 0.3) is 0 Å². The van der Waals surface area contributed by atoms with E-state index >= 15 is 0 Å². The van der Waals surface area contributed by atoms with E-state index in [2.05, 4.69) is 5.32 Å². The number of aliphatic hydroxyl groups excluding tert-OH is 3. The second kappa shape index (κ2) is 16.9. The molecule has 0 aliphatic carbocycles. The number of nitrogens with one attached hydrogen (secondary N) is 1. The number of urea groups is 1. The van der Waals surface area contributed by atoms with E-state index in [0.717, 1.165) is 0 Å². The third-order valence-corrected chi connectivity index (χ3v) is 10.3. The predicted octanol–water partition coefficient (Wildman–Crippen LogP) is 2.12. The fourth-order valence-electron chi connectivity index (χ4n) is 7.28. The first kappa shape index (κ1) is 41.6. The number of hydrogen-bond donors (Lipinski definition) is 5. The van der Waals surface area contributed by atoms with Crippen LogP contribution in [-0.4, -0.2) is 142 Å². The summed E-state index contributed by atoms with van der Waals surface area (Å²) in [5.74, 6) is -2.81. The first-order valence-corrected chi connectivity index (χ1v) is 17.2. The Morgan fingerprint density at radius 3 is 2.21 bits per heavy atom. The van der Waals surface area contributed by atoms with Crippen LogP contribution in [0.15, 0.2) is 0 Å². The fraction of sp³-hybridized carbons (Fsp3) is 0.941. The van der Waals surface area contributed by atoms with E-state index in [1.54, 1.807) is 27.7 Å². The molecule has 0 unspecified atom stereocenters. The zero-order valence-electron chi connectivity index (χ0n) is 31.0. The molecular weight excluding hydrogens is 610 g/mol. The molecule has 0 aromatic rings. The number of hydrogen-bond acceptors (Lipinski definition) is 11. The predicted molar refractivity (Wildman–Crippen MR) is 177 cm³/mol. The SMILES string of the molecule is CC[C@H]1OC(=O)[C@H](C)[C@@H](O)[C@H](C)[C@@H](O[C@@H]2O[C@H](C)C[C@H](N(C)C)[C@H]2O)[C@](C)(OC)C[C@@H](C)CN(C(=O)NC(C)C)[C@H](C)[C@@H](O)[C@]1(C)O. The number of ether oxygens (including phenoxy) is 4. The highest BCUT2D eigenvalue weighted by atomic mass is 16.7. The standard InChI is InChI=1S/C34H65N3O10/c1-14-25-34(10,43)28(40)23(8)37(32(42)35-18(2)3)17-19(4)16-33(9,44-13)29(21(6)26(38)22(7)30(41)46-25)47-31-27(39)24(36(11)12)15-20(5)45-31/h18-29,31,38-40,43H,14-17H2,1-13H3,(H,35,42)/t19-,20-,21+,22-,23-,24+,25-,26+,27-,28-,29-,31+,33-,34-/m1/s1. The van der Waals surface area contributed by atoms with E-state index in [1.165, 1.54) is 18.9 Å². The van der Waals surface area contributed by atoms with Crippen LogP contribution in [0.2, 0.25) is 0 Å². The molecule has 2 fully saturated rings. The lowest BCUT2D eigenvalue weighted by atomic mass is 9.77. The summed E-state index contributed by atoms with van der Waals surface area (Å²) < 4.78 is 24.7. The molecule has 14 atom stereocenters. The van der Waals surface area contributed by atoms with Gasteiger partial charge < -0.3 is 54.5 Å². The van der Waals surface area contributed by atoms with Crippen LogP contribution in [0.3, 0.4) is 0 Å². The largest absolute Gasteiger partial charge is 0.459 e. The molecule has 2 amide bonds. The van der Waals surface area contributed by atoms with Gasteiger partial charge in [0.15, 0.2) is 6.29 Å². The molecule has 13 nitrogen and oxygen atoms in total. The molecule has 0 saturated carbocycles. The Morgan fingerprint density at radius 1 is 1.11 bits per heavy atom. The van der Waals surface area contributed by atoms with E-state index in [9.17, 15) is 30.0 Å². The molecule has 5 N–H and O–H groups in total. The number of rotatable bonds is 6. The van der Waals surface area contributed by atoms with E-state index in [0.29, 0.717) is 12.8 Å². The first-order chi connectivity index (χ1) is 21.6. The summed E-state index contributed by atoms with van der Waals surface area (Å²) in [7, 11) is 5.30. The number of aliphatic hydroxyl groups is 4. The number of nitrogens with zero attached hydrogens (tertiary/aromatic N) is 2. The number of amides is 2. The maximum Gasteiger partial charge on any atom is 0.317 e. The number of cyclic esters (lactones) is 1. The number of likely N-dealkylation sites (N-methyl/N-ethyl adjacent to an activating group) is 1. The van der Waals surface area contributed by atoms with Gasteiger partial charge in [0.1, 0.15) is 23.9 Å². The Hall–Kier alpha value is -1.58. The van der Waals surface area contributed by atoms with Crippen molar-refractivity contribution in [1.29, 1.82) is 0 Å². The van der Waals surface area contributed by atoms with Crippen molar-refractivity contribution in [3.8, 4) is 0 Å². The minimum Gasteiger partial charge on any atom is -0.459 e. The molecular formula is C34H65N3O10. The third-order valence-electron chi connectivity index (χ3n) is 10.3. The summed E-state index contributed by atoms with van der Waals surface area (Å²) in [6.45, 7) is 17.6. The van der Waals surface area contributed by atoms with Crippen LogP contribution in [-0.2, 0) is 23.7 Å². The Morgan fingerprint density at radius 2 is 1.70 bits per heavy atom. The van der Waals surface area contributed by atoms with Gasteiger partial charge in [-0.1, -0.05) is 20.8 Å². The van der Waals surface area contributed by atoms with Gasteiger partial charge in [-0.3, -0.25) is 4.79 Å². The average molecular weight is 676 g/mol. The second-order valence-corrected chi connectivity index (χ2v) is 15.1. The van der Waals surface area contributed by atoms with Gasteiger partial charge >= 0.3 is 12.0 Å². The van der Waals surface area contributed by atoms with Crippen molar-refractivity contribution in [3.05, 3.63) is 0 Å². The monoisotopic (exact) mass is 675 g/mol. The molecule has 0 radical (unpaired) electrons. The number of esters is 1. The molecule has 2 aliphatic rings. The molecule has 2 heterocycles. The van der Waals surface area contributed by atoms with Crippen LogP contribution in [0.25, 0.3) is 0 Å². The number of carbonyl (C=O) groups is 2. The fourth-order valence-corrected chi connectivity index (χ4v) is 7.28. The average Bonchev–Trinajstić information content (AvgIpc) is 2.99. The van der Waals surface area contributed by atoms with Gasteiger partial charge in [0, 0.05) is 31.7 Å². The summed E-state index contributed by atoms with van der Waals surface area (Å²) in [6.07, 6.45) is -6.01. The molecule has 2 aliphatic heterocycles. The van der Waals surface area contributed by atoms with Crippen LogP contribution < -0.4 is 5.32 Å². The molecule has 276 valence electrons. The summed E-state index contributed by atoms with van der Waals surface area (Å²) in [5.41, 5.74) is -3.04. The van der Waals surface area contributed by atoms with Gasteiger partial charge in [-0.25, -0.2) is 4.79 Å². The van der Waals surface area contributed by atoms with E-state index in [4.69, 9.17) is 18.9 Å². The topological polar surface area (TPSA) is 170 Å². The molecule has 2 saturated heterocycles. The van der Waals surface area contributed by atoms with Crippen molar-refractivity contribution in [2.75, 3.05) is 27.7 Å². The third kappa shape index (κ3) is 9.78. The highest BCUT2D eigenvalue weighted by Gasteiger charge is 2.51.